The third-order valence-electron chi connectivity index (χ3n) is 3.54. The maximum atomic E-state index is 4.67. The third-order valence-corrected chi connectivity index (χ3v) is 3.54. The molecule has 2 heterocycles. The van der Waals surface area contributed by atoms with E-state index in [1.54, 1.807) is 0 Å². The summed E-state index contributed by atoms with van der Waals surface area (Å²) in [6, 6.07) is 0.616. The van der Waals surface area contributed by atoms with Crippen LogP contribution in [0, 0.1) is 0 Å². The van der Waals surface area contributed by atoms with Crippen molar-refractivity contribution in [2.24, 2.45) is 0 Å². The van der Waals surface area contributed by atoms with Crippen LogP contribution in [-0.2, 0) is 0 Å². The fraction of sp³-hybridized carbons (Fsp3) is 1.00. The van der Waals surface area contributed by atoms with Gasteiger partial charge < -0.3 is 4.90 Å². The summed E-state index contributed by atoms with van der Waals surface area (Å²) in [5.41, 5.74) is 3.52. The fourth-order valence-electron chi connectivity index (χ4n) is 2.57. The summed E-state index contributed by atoms with van der Waals surface area (Å²) in [7, 11) is 4.29. The van der Waals surface area contributed by atoms with Gasteiger partial charge in [-0.2, -0.15) is 0 Å². The molecule has 17 heavy (non-hydrogen) atoms. The second-order valence-corrected chi connectivity index (χ2v) is 5.29. The molecule has 2 atom stereocenters. The third kappa shape index (κ3) is 3.89. The van der Waals surface area contributed by atoms with E-state index in [2.05, 4.69) is 40.1 Å². The van der Waals surface area contributed by atoms with Crippen LogP contribution in [0.5, 0.6) is 0 Å². The van der Waals surface area contributed by atoms with Crippen molar-refractivity contribution in [3.63, 3.8) is 0 Å². The molecule has 2 aliphatic rings. The molecule has 2 fully saturated rings. The molecule has 0 aromatic rings. The second kappa shape index (κ2) is 6.66. The smallest absolute Gasteiger partial charge is 0.142 e. The van der Waals surface area contributed by atoms with Gasteiger partial charge in [-0.15, -0.1) is 0 Å². The lowest BCUT2D eigenvalue weighted by molar-refractivity contribution is -0.0103. The minimum atomic E-state index is 0.191. The van der Waals surface area contributed by atoms with Crippen LogP contribution in [0.1, 0.15) is 25.7 Å². The van der Waals surface area contributed by atoms with Gasteiger partial charge in [-0.1, -0.05) is 0 Å². The van der Waals surface area contributed by atoms with Gasteiger partial charge in [0.05, 0.1) is 0 Å². The van der Waals surface area contributed by atoms with Gasteiger partial charge in [0.15, 0.2) is 0 Å². The monoisotopic (exact) mass is 240 g/mol. The molecule has 1 radical (unpaired) electrons. The molecule has 2 unspecified atom stereocenters. The molecule has 0 aliphatic carbocycles. The molecule has 99 valence electrons. The molecule has 2 aliphatic heterocycles. The molecule has 0 aromatic carbocycles. The average molecular weight is 240 g/mol. The Bertz CT molecular complexity index is 215. The zero-order valence-electron chi connectivity index (χ0n) is 11.2. The normalized spacial score (nSPS) is 28.8. The molecule has 5 nitrogen and oxygen atoms in total. The van der Waals surface area contributed by atoms with Gasteiger partial charge in [-0.05, 0) is 52.9 Å². The van der Waals surface area contributed by atoms with E-state index >= 15 is 0 Å². The molecule has 2 N–H and O–H groups in total. The van der Waals surface area contributed by atoms with Crippen molar-refractivity contribution in [2.75, 3.05) is 40.3 Å². The molecule has 2 rings (SSSR count). The van der Waals surface area contributed by atoms with Crippen molar-refractivity contribution in [3.8, 4) is 0 Å². The van der Waals surface area contributed by atoms with Gasteiger partial charge in [0, 0.05) is 19.1 Å². The molecule has 2 saturated heterocycles. The van der Waals surface area contributed by atoms with Crippen molar-refractivity contribution in [1.29, 1.82) is 0 Å². The van der Waals surface area contributed by atoms with Crippen molar-refractivity contribution >= 4 is 0 Å². The molecular formula is C12H26N5. The zero-order valence-corrected chi connectivity index (χ0v) is 11.2. The van der Waals surface area contributed by atoms with E-state index in [0.29, 0.717) is 6.04 Å². The lowest BCUT2D eigenvalue weighted by Gasteiger charge is -2.43. The molecule has 0 spiro atoms. The van der Waals surface area contributed by atoms with Crippen molar-refractivity contribution < 1.29 is 0 Å². The summed E-state index contributed by atoms with van der Waals surface area (Å²) >= 11 is 0. The molecule has 5 heteroatoms. The van der Waals surface area contributed by atoms with Crippen LogP contribution in [0.3, 0.4) is 0 Å². The summed E-state index contributed by atoms with van der Waals surface area (Å²) in [5.74, 6) is 0. The summed E-state index contributed by atoms with van der Waals surface area (Å²) in [6.45, 7) is 4.32. The predicted molar refractivity (Wildman–Crippen MR) is 69.4 cm³/mol. The lowest BCUT2D eigenvalue weighted by atomic mass is 10.0. The minimum Gasteiger partial charge on any atom is -0.309 e. The van der Waals surface area contributed by atoms with Crippen molar-refractivity contribution in [2.45, 2.75) is 38.0 Å². The summed E-state index contributed by atoms with van der Waals surface area (Å²) in [5, 5.41) is 10.5. The quantitative estimate of drug-likeness (QED) is 0.714. The highest BCUT2D eigenvalue weighted by Gasteiger charge is 2.29. The summed E-state index contributed by atoms with van der Waals surface area (Å²) < 4.78 is 0. The van der Waals surface area contributed by atoms with Crippen LogP contribution in [0.2, 0.25) is 0 Å². The highest BCUT2D eigenvalue weighted by molar-refractivity contribution is 4.80. The van der Waals surface area contributed by atoms with E-state index in [0.717, 1.165) is 26.2 Å². The van der Waals surface area contributed by atoms with E-state index in [1.807, 2.05) is 0 Å². The Morgan fingerprint density at radius 3 is 2.88 bits per heavy atom. The van der Waals surface area contributed by atoms with Crippen molar-refractivity contribution in [3.05, 3.63) is 0 Å². The van der Waals surface area contributed by atoms with Crippen LogP contribution in [0.4, 0.5) is 0 Å². The molecule has 0 bridgehead atoms. The van der Waals surface area contributed by atoms with Crippen LogP contribution >= 0.6 is 0 Å². The van der Waals surface area contributed by atoms with E-state index < -0.39 is 0 Å². The average Bonchev–Trinajstić information content (AvgIpc) is 2.38. The Labute approximate surface area is 105 Å². The fourth-order valence-corrected chi connectivity index (χ4v) is 2.57. The molecular weight excluding hydrogens is 214 g/mol. The first kappa shape index (κ1) is 13.2. The first-order chi connectivity index (χ1) is 8.27. The highest BCUT2D eigenvalue weighted by Crippen LogP contribution is 2.16. The number of hydrogen-bond donors (Lipinski definition) is 2. The first-order valence-electron chi connectivity index (χ1n) is 6.84. The van der Waals surface area contributed by atoms with Gasteiger partial charge in [0.1, 0.15) is 6.29 Å². The van der Waals surface area contributed by atoms with E-state index in [-0.39, 0.29) is 6.29 Å². The lowest BCUT2D eigenvalue weighted by Crippen LogP contribution is -2.64. The van der Waals surface area contributed by atoms with Gasteiger partial charge >= 0.3 is 0 Å². The largest absolute Gasteiger partial charge is 0.309 e. The number of nitrogens with zero attached hydrogens (tertiary/aromatic N) is 3. The predicted octanol–water partition coefficient (Wildman–Crippen LogP) is -0.212. The molecule has 0 amide bonds. The minimum absolute atomic E-state index is 0.191. The maximum Gasteiger partial charge on any atom is 0.142 e. The Balaban J connectivity index is 1.86. The van der Waals surface area contributed by atoms with Crippen LogP contribution in [0.25, 0.3) is 0 Å². The number of nitrogens with one attached hydrogen (secondary N) is 2. The first-order valence-corrected chi connectivity index (χ1v) is 6.84. The van der Waals surface area contributed by atoms with Crippen LogP contribution < -0.4 is 16.1 Å². The standard InChI is InChI=1S/C12H26N5/c1-16(2)10-6-11-5-3-9-15-17(11)12-13-7-4-8-14-12/h11-13,15H,3-10H2,1-2H3. The summed E-state index contributed by atoms with van der Waals surface area (Å²) in [6.07, 6.45) is 5.15. The maximum absolute atomic E-state index is 4.67. The number of rotatable bonds is 4. The molecule has 0 saturated carbocycles. The van der Waals surface area contributed by atoms with Crippen molar-refractivity contribution in [1.82, 2.24) is 26.0 Å². The summed E-state index contributed by atoms with van der Waals surface area (Å²) in [4.78, 5) is 2.26. The Kier molecular flexibility index (Phi) is 5.18. The SMILES string of the molecule is CN(C)CCC1CCCNN1C1[N]CCCN1. The Morgan fingerprint density at radius 2 is 2.18 bits per heavy atom. The van der Waals surface area contributed by atoms with E-state index in [9.17, 15) is 0 Å². The number of hydrazine groups is 1. The number of hydrogen-bond acceptors (Lipinski definition) is 4. The molecule has 0 aromatic heterocycles. The van der Waals surface area contributed by atoms with Crippen LogP contribution in [-0.4, -0.2) is 62.5 Å². The van der Waals surface area contributed by atoms with E-state index in [1.165, 1.54) is 25.7 Å². The zero-order chi connectivity index (χ0) is 12.1. The Morgan fingerprint density at radius 1 is 1.29 bits per heavy atom. The van der Waals surface area contributed by atoms with Gasteiger partial charge in [-0.25, -0.2) is 10.3 Å². The van der Waals surface area contributed by atoms with Crippen LogP contribution in [0.15, 0.2) is 0 Å². The van der Waals surface area contributed by atoms with E-state index in [4.69, 9.17) is 0 Å². The Hall–Kier alpha value is -0.200. The van der Waals surface area contributed by atoms with Gasteiger partial charge in [-0.3, -0.25) is 10.7 Å². The van der Waals surface area contributed by atoms with Gasteiger partial charge in [0.2, 0.25) is 0 Å². The van der Waals surface area contributed by atoms with Gasteiger partial charge in [0.25, 0.3) is 0 Å². The highest BCUT2D eigenvalue weighted by atomic mass is 15.6. The topological polar surface area (TPSA) is 44.6 Å². The second-order valence-electron chi connectivity index (χ2n) is 5.29.